The van der Waals surface area contributed by atoms with Crippen LogP contribution in [0.5, 0.6) is 0 Å². The van der Waals surface area contributed by atoms with E-state index in [9.17, 15) is 14.4 Å². The molecule has 1 fully saturated rings. The van der Waals surface area contributed by atoms with Crippen LogP contribution in [0, 0.1) is 11.8 Å². The maximum atomic E-state index is 13.4. The van der Waals surface area contributed by atoms with E-state index in [0.717, 1.165) is 42.5 Å². The number of aromatic amines is 1. The lowest BCUT2D eigenvalue weighted by molar-refractivity contribution is -0.156. The van der Waals surface area contributed by atoms with Crippen LogP contribution in [0.3, 0.4) is 0 Å². The first-order valence-corrected chi connectivity index (χ1v) is 13.9. The number of carbonyl (C=O) groups is 3. The first-order valence-electron chi connectivity index (χ1n) is 13.9. The molecule has 0 unspecified atom stereocenters. The molecule has 2 aromatic carbocycles. The van der Waals surface area contributed by atoms with E-state index in [2.05, 4.69) is 15.3 Å². The number of rotatable bonds is 9. The molecule has 40 heavy (non-hydrogen) atoms. The summed E-state index contributed by atoms with van der Waals surface area (Å²) in [5.74, 6) is 0.267. The molecule has 2 N–H and O–H groups in total. The molecule has 1 aromatic heterocycles. The second-order valence-corrected chi connectivity index (χ2v) is 11.5. The summed E-state index contributed by atoms with van der Waals surface area (Å²) in [6.07, 6.45) is 5.88. The fraction of sp³-hybridized carbons (Fsp3) is 0.438. The SMILES string of the molecule is COC(=O)c1ccc(-c2cnc([C@H](Cc3ccccc3)NC(=O)C3CCC(CC(=O)OC(C)(C)C)CC3)[nH]2)cc1. The number of methoxy groups -OCH3 is 1. The summed E-state index contributed by atoms with van der Waals surface area (Å²) >= 11 is 0. The van der Waals surface area contributed by atoms with Crippen LogP contribution < -0.4 is 5.32 Å². The smallest absolute Gasteiger partial charge is 0.337 e. The molecule has 0 aliphatic heterocycles. The second-order valence-electron chi connectivity index (χ2n) is 11.5. The number of aromatic nitrogens is 2. The third-order valence-corrected chi connectivity index (χ3v) is 7.23. The van der Waals surface area contributed by atoms with Crippen molar-refractivity contribution in [1.29, 1.82) is 0 Å². The average molecular weight is 546 g/mol. The van der Waals surface area contributed by atoms with Crippen molar-refractivity contribution in [3.8, 4) is 11.3 Å². The molecule has 8 nitrogen and oxygen atoms in total. The Bertz CT molecular complexity index is 1290. The van der Waals surface area contributed by atoms with Gasteiger partial charge in [0, 0.05) is 12.3 Å². The first kappa shape index (κ1) is 29.1. The van der Waals surface area contributed by atoms with Crippen molar-refractivity contribution >= 4 is 17.8 Å². The number of amides is 1. The van der Waals surface area contributed by atoms with Gasteiger partial charge in [0.1, 0.15) is 11.4 Å². The van der Waals surface area contributed by atoms with Gasteiger partial charge in [-0.25, -0.2) is 9.78 Å². The Kier molecular flexibility index (Phi) is 9.40. The lowest BCUT2D eigenvalue weighted by Crippen LogP contribution is -2.37. The largest absolute Gasteiger partial charge is 0.465 e. The van der Waals surface area contributed by atoms with E-state index >= 15 is 0 Å². The molecule has 1 amide bonds. The number of carbonyl (C=O) groups excluding carboxylic acids is 3. The van der Waals surface area contributed by atoms with Crippen LogP contribution in [-0.2, 0) is 25.5 Å². The summed E-state index contributed by atoms with van der Waals surface area (Å²) in [5.41, 5.74) is 2.75. The molecule has 0 spiro atoms. The summed E-state index contributed by atoms with van der Waals surface area (Å²) in [6.45, 7) is 5.63. The monoisotopic (exact) mass is 545 g/mol. The molecule has 1 heterocycles. The number of H-pyrrole nitrogens is 1. The van der Waals surface area contributed by atoms with E-state index in [4.69, 9.17) is 9.47 Å². The number of benzene rings is 2. The number of nitrogens with one attached hydrogen (secondary N) is 2. The summed E-state index contributed by atoms with van der Waals surface area (Å²) in [4.78, 5) is 45.4. The molecule has 0 saturated heterocycles. The Morgan fingerprint density at radius 1 is 1.00 bits per heavy atom. The standard InChI is InChI=1S/C32H39N3O5/c1-32(2,3)40-28(36)19-22-10-12-24(13-11-22)30(37)35-26(18-21-8-6-5-7-9-21)29-33-20-27(34-29)23-14-16-25(17-15-23)31(38)39-4/h5-9,14-17,20,22,24,26H,10-13,18-19H2,1-4H3,(H,33,34)(H,35,37)/t22?,24?,26-/m0/s1. The molecule has 1 aliphatic rings. The predicted octanol–water partition coefficient (Wildman–Crippen LogP) is 5.80. The summed E-state index contributed by atoms with van der Waals surface area (Å²) in [7, 11) is 1.36. The quantitative estimate of drug-likeness (QED) is 0.329. The van der Waals surface area contributed by atoms with Crippen molar-refractivity contribution < 1.29 is 23.9 Å². The second kappa shape index (κ2) is 12.9. The van der Waals surface area contributed by atoms with E-state index < -0.39 is 5.60 Å². The van der Waals surface area contributed by atoms with Gasteiger partial charge in [0.15, 0.2) is 0 Å². The minimum absolute atomic E-state index is 0.0111. The Morgan fingerprint density at radius 2 is 1.68 bits per heavy atom. The highest BCUT2D eigenvalue weighted by atomic mass is 16.6. The van der Waals surface area contributed by atoms with Gasteiger partial charge in [-0.3, -0.25) is 9.59 Å². The van der Waals surface area contributed by atoms with E-state index in [0.29, 0.717) is 24.2 Å². The Morgan fingerprint density at radius 3 is 2.30 bits per heavy atom. The van der Waals surface area contributed by atoms with Crippen LogP contribution in [0.25, 0.3) is 11.3 Å². The molecule has 1 atom stereocenters. The van der Waals surface area contributed by atoms with Gasteiger partial charge in [0.2, 0.25) is 5.91 Å². The van der Waals surface area contributed by atoms with Crippen molar-refractivity contribution in [1.82, 2.24) is 15.3 Å². The maximum absolute atomic E-state index is 13.4. The maximum Gasteiger partial charge on any atom is 0.337 e. The lowest BCUT2D eigenvalue weighted by atomic mass is 9.80. The van der Waals surface area contributed by atoms with Gasteiger partial charge in [-0.2, -0.15) is 0 Å². The minimum atomic E-state index is -0.486. The predicted molar refractivity (Wildman–Crippen MR) is 152 cm³/mol. The number of hydrogen-bond acceptors (Lipinski definition) is 6. The first-order chi connectivity index (χ1) is 19.1. The number of imidazole rings is 1. The van der Waals surface area contributed by atoms with Gasteiger partial charge in [-0.1, -0.05) is 42.5 Å². The van der Waals surface area contributed by atoms with Crippen LogP contribution in [0.1, 0.15) is 80.7 Å². The van der Waals surface area contributed by atoms with Gasteiger partial charge in [0.05, 0.1) is 30.6 Å². The van der Waals surface area contributed by atoms with Gasteiger partial charge in [-0.15, -0.1) is 0 Å². The van der Waals surface area contributed by atoms with Crippen molar-refractivity contribution in [3.63, 3.8) is 0 Å². The van der Waals surface area contributed by atoms with E-state index in [1.54, 1.807) is 18.3 Å². The molecular weight excluding hydrogens is 506 g/mol. The van der Waals surface area contributed by atoms with Crippen molar-refractivity contribution in [2.24, 2.45) is 11.8 Å². The van der Waals surface area contributed by atoms with Crippen LogP contribution in [0.4, 0.5) is 0 Å². The van der Waals surface area contributed by atoms with Crippen molar-refractivity contribution in [2.75, 3.05) is 7.11 Å². The highest BCUT2D eigenvalue weighted by molar-refractivity contribution is 5.89. The third kappa shape index (κ3) is 8.04. The fourth-order valence-electron chi connectivity index (χ4n) is 5.17. The fourth-order valence-corrected chi connectivity index (χ4v) is 5.17. The number of hydrogen-bond donors (Lipinski definition) is 2. The van der Waals surface area contributed by atoms with Crippen molar-refractivity contribution in [3.05, 3.63) is 77.7 Å². The van der Waals surface area contributed by atoms with Gasteiger partial charge < -0.3 is 19.8 Å². The summed E-state index contributed by atoms with van der Waals surface area (Å²) < 4.78 is 10.3. The molecule has 8 heteroatoms. The van der Waals surface area contributed by atoms with Crippen LogP contribution in [0.2, 0.25) is 0 Å². The highest BCUT2D eigenvalue weighted by Gasteiger charge is 2.30. The lowest BCUT2D eigenvalue weighted by Gasteiger charge is -2.29. The van der Waals surface area contributed by atoms with E-state index in [1.165, 1.54) is 7.11 Å². The molecule has 212 valence electrons. The third-order valence-electron chi connectivity index (χ3n) is 7.23. The van der Waals surface area contributed by atoms with E-state index in [1.807, 2.05) is 63.2 Å². The van der Waals surface area contributed by atoms with Crippen LogP contribution >= 0.6 is 0 Å². The average Bonchev–Trinajstić information content (AvgIpc) is 3.42. The topological polar surface area (TPSA) is 110 Å². The van der Waals surface area contributed by atoms with Gasteiger partial charge in [0.25, 0.3) is 0 Å². The molecule has 1 aliphatic carbocycles. The number of nitrogens with zero attached hydrogens (tertiary/aromatic N) is 1. The summed E-state index contributed by atoms with van der Waals surface area (Å²) in [6, 6.07) is 16.8. The molecule has 4 rings (SSSR count). The zero-order valence-electron chi connectivity index (χ0n) is 23.7. The van der Waals surface area contributed by atoms with Crippen LogP contribution in [-0.4, -0.2) is 40.5 Å². The molecular formula is C32H39N3O5. The normalized spacial score (nSPS) is 18.0. The summed E-state index contributed by atoms with van der Waals surface area (Å²) in [5, 5.41) is 3.25. The Labute approximate surface area is 235 Å². The van der Waals surface area contributed by atoms with Crippen LogP contribution in [0.15, 0.2) is 60.8 Å². The highest BCUT2D eigenvalue weighted by Crippen LogP contribution is 2.32. The minimum Gasteiger partial charge on any atom is -0.465 e. The van der Waals surface area contributed by atoms with Gasteiger partial charge in [-0.05, 0) is 82.1 Å². The molecule has 3 aromatic rings. The Balaban J connectivity index is 1.42. The Hall–Kier alpha value is -3.94. The van der Waals surface area contributed by atoms with E-state index in [-0.39, 0.29) is 35.7 Å². The molecule has 1 saturated carbocycles. The molecule has 0 bridgehead atoms. The zero-order chi connectivity index (χ0) is 28.7. The van der Waals surface area contributed by atoms with Crippen molar-refractivity contribution in [2.45, 2.75) is 70.9 Å². The zero-order valence-corrected chi connectivity index (χ0v) is 23.7. The number of esters is 2. The number of ether oxygens (including phenoxy) is 2. The molecule has 0 radical (unpaired) electrons. The van der Waals surface area contributed by atoms with Gasteiger partial charge >= 0.3 is 11.9 Å².